The summed E-state index contributed by atoms with van der Waals surface area (Å²) in [6, 6.07) is 0. The first-order valence-electron chi connectivity index (χ1n) is 2.54. The Hall–Kier alpha value is 0.590. The van der Waals surface area contributed by atoms with Crippen molar-refractivity contribution in [1.29, 1.82) is 0 Å². The first-order valence-corrected chi connectivity index (χ1v) is 5.31. The van der Waals surface area contributed by atoms with Gasteiger partial charge in [-0.15, -0.1) is 11.6 Å². The highest BCUT2D eigenvalue weighted by Crippen LogP contribution is 2.21. The lowest BCUT2D eigenvalue weighted by atomic mass is 10.4. The molecule has 0 amide bonds. The van der Waals surface area contributed by atoms with Gasteiger partial charge in [-0.3, -0.25) is 0 Å². The highest BCUT2D eigenvalue weighted by molar-refractivity contribution is 7.93. The molecule has 2 nitrogen and oxygen atoms in total. The minimum Gasteiger partial charge on any atom is -0.229 e. The minimum absolute atomic E-state index is 0.0860. The van der Waals surface area contributed by atoms with E-state index in [2.05, 4.69) is 12.6 Å². The zero-order chi connectivity index (χ0) is 7.07. The molecule has 9 heavy (non-hydrogen) atoms. The van der Waals surface area contributed by atoms with Crippen LogP contribution in [0.25, 0.3) is 0 Å². The third-order valence-electron chi connectivity index (χ3n) is 1.26. The summed E-state index contributed by atoms with van der Waals surface area (Å²) in [6.45, 7) is 0. The number of rotatable bonds is 0. The lowest BCUT2D eigenvalue weighted by molar-refractivity contribution is 0.602. The summed E-state index contributed by atoms with van der Waals surface area (Å²) in [7, 11) is -2.85. The van der Waals surface area contributed by atoms with Crippen LogP contribution in [0.3, 0.4) is 0 Å². The molecule has 0 unspecified atom stereocenters. The second kappa shape index (κ2) is 2.32. The van der Waals surface area contributed by atoms with Gasteiger partial charge in [-0.25, -0.2) is 8.42 Å². The first-order chi connectivity index (χ1) is 4.01. The molecule has 1 rings (SSSR count). The van der Waals surface area contributed by atoms with Crippen LogP contribution in [-0.2, 0) is 9.84 Å². The Morgan fingerprint density at radius 1 is 1.44 bits per heavy atom. The van der Waals surface area contributed by atoms with E-state index in [0.717, 1.165) is 0 Å². The molecule has 0 aromatic carbocycles. The van der Waals surface area contributed by atoms with Crippen LogP contribution in [0.2, 0.25) is 0 Å². The Morgan fingerprint density at radius 2 is 2.00 bits per heavy atom. The van der Waals surface area contributed by atoms with E-state index < -0.39 is 9.84 Å². The van der Waals surface area contributed by atoms with Crippen molar-refractivity contribution in [1.82, 2.24) is 0 Å². The molecular weight excluding hydrogens is 180 g/mol. The van der Waals surface area contributed by atoms with Gasteiger partial charge in [0, 0.05) is 5.25 Å². The van der Waals surface area contributed by atoms with Gasteiger partial charge >= 0.3 is 0 Å². The number of hydrogen-bond acceptors (Lipinski definition) is 3. The van der Waals surface area contributed by atoms with Gasteiger partial charge in [-0.1, -0.05) is 0 Å². The molecule has 1 aliphatic rings. The number of thiol groups is 1. The normalized spacial score (nSPS) is 41.1. The average molecular weight is 187 g/mol. The first kappa shape index (κ1) is 7.69. The summed E-state index contributed by atoms with van der Waals surface area (Å²) in [5.74, 6) is 0.215. The van der Waals surface area contributed by atoms with Crippen molar-refractivity contribution in [3.8, 4) is 0 Å². The third kappa shape index (κ3) is 1.75. The maximum absolute atomic E-state index is 10.7. The second-order valence-corrected chi connectivity index (χ2v) is 5.54. The smallest absolute Gasteiger partial charge is 0.152 e. The van der Waals surface area contributed by atoms with Crippen LogP contribution in [0, 0.1) is 0 Å². The molecule has 0 radical (unpaired) electrons. The van der Waals surface area contributed by atoms with E-state index in [-0.39, 0.29) is 22.1 Å². The number of halogens is 1. The van der Waals surface area contributed by atoms with E-state index in [1.165, 1.54) is 0 Å². The maximum atomic E-state index is 10.7. The molecule has 0 N–H and O–H groups in total. The number of alkyl halides is 1. The van der Waals surface area contributed by atoms with Crippen LogP contribution in [0.5, 0.6) is 0 Å². The zero-order valence-corrected chi connectivity index (χ0v) is 7.09. The molecule has 54 valence electrons. The van der Waals surface area contributed by atoms with Gasteiger partial charge in [0.2, 0.25) is 0 Å². The Labute approximate surface area is 64.9 Å². The van der Waals surface area contributed by atoms with E-state index in [1.54, 1.807) is 0 Å². The summed E-state index contributed by atoms with van der Waals surface area (Å²) in [4.78, 5) is 0. The third-order valence-corrected chi connectivity index (χ3v) is 4.60. The molecule has 0 aromatic heterocycles. The summed E-state index contributed by atoms with van der Waals surface area (Å²) in [6.07, 6.45) is 0. The standard InChI is InChI=1S/C4H7ClO2S2/c5-3-1-9(6,7)2-4(3)8/h3-4,8H,1-2H2/t3-,4-/m1/s1. The predicted octanol–water partition coefficient (Wildman–Crippen LogP) is 0.321. The van der Waals surface area contributed by atoms with E-state index in [0.29, 0.717) is 0 Å². The van der Waals surface area contributed by atoms with Crippen molar-refractivity contribution in [2.24, 2.45) is 0 Å². The van der Waals surface area contributed by atoms with Crippen molar-refractivity contribution >= 4 is 34.1 Å². The van der Waals surface area contributed by atoms with E-state index >= 15 is 0 Å². The highest BCUT2D eigenvalue weighted by Gasteiger charge is 2.33. The van der Waals surface area contributed by atoms with Crippen LogP contribution >= 0.6 is 24.2 Å². The van der Waals surface area contributed by atoms with Gasteiger partial charge < -0.3 is 0 Å². The van der Waals surface area contributed by atoms with Gasteiger partial charge in [-0.2, -0.15) is 12.6 Å². The molecule has 0 aromatic rings. The van der Waals surface area contributed by atoms with Crippen LogP contribution in [0.1, 0.15) is 0 Å². The van der Waals surface area contributed by atoms with Crippen molar-refractivity contribution in [2.45, 2.75) is 10.6 Å². The molecule has 0 saturated carbocycles. The topological polar surface area (TPSA) is 34.1 Å². The van der Waals surface area contributed by atoms with E-state index in [1.807, 2.05) is 0 Å². The van der Waals surface area contributed by atoms with Crippen molar-refractivity contribution in [3.63, 3.8) is 0 Å². The monoisotopic (exact) mass is 186 g/mol. The Balaban J connectivity index is 2.77. The molecule has 1 fully saturated rings. The second-order valence-electron chi connectivity index (χ2n) is 2.16. The van der Waals surface area contributed by atoms with Gasteiger partial charge in [0.05, 0.1) is 16.9 Å². The molecule has 1 heterocycles. The molecular formula is C4H7ClO2S2. The number of sulfone groups is 1. The average Bonchev–Trinajstić information content (AvgIpc) is 1.79. The van der Waals surface area contributed by atoms with Gasteiger partial charge in [0.25, 0.3) is 0 Å². The molecule has 0 aliphatic carbocycles. The Morgan fingerprint density at radius 3 is 2.11 bits per heavy atom. The Bertz CT molecular complexity index is 183. The summed E-state index contributed by atoms with van der Waals surface area (Å²) >= 11 is 9.58. The largest absolute Gasteiger partial charge is 0.229 e. The van der Waals surface area contributed by atoms with Gasteiger partial charge in [0.1, 0.15) is 0 Å². The van der Waals surface area contributed by atoms with Gasteiger partial charge in [-0.05, 0) is 0 Å². The van der Waals surface area contributed by atoms with Crippen LogP contribution in [-0.4, -0.2) is 30.6 Å². The van der Waals surface area contributed by atoms with Crippen molar-refractivity contribution < 1.29 is 8.42 Å². The van der Waals surface area contributed by atoms with Crippen molar-refractivity contribution in [2.75, 3.05) is 11.5 Å². The molecule has 5 heteroatoms. The quantitative estimate of drug-likeness (QED) is 0.437. The Kier molecular flexibility index (Phi) is 1.99. The van der Waals surface area contributed by atoms with E-state index in [9.17, 15) is 8.42 Å². The fraction of sp³-hybridized carbons (Fsp3) is 1.00. The van der Waals surface area contributed by atoms with Crippen LogP contribution < -0.4 is 0 Å². The number of hydrogen-bond donors (Lipinski definition) is 1. The van der Waals surface area contributed by atoms with Gasteiger partial charge in [0.15, 0.2) is 9.84 Å². The van der Waals surface area contributed by atoms with Crippen LogP contribution in [0.15, 0.2) is 0 Å². The zero-order valence-electron chi connectivity index (χ0n) is 4.62. The molecule has 0 bridgehead atoms. The minimum atomic E-state index is -2.85. The molecule has 1 aliphatic heterocycles. The predicted molar refractivity (Wildman–Crippen MR) is 41.1 cm³/mol. The maximum Gasteiger partial charge on any atom is 0.152 e. The van der Waals surface area contributed by atoms with E-state index in [4.69, 9.17) is 11.6 Å². The van der Waals surface area contributed by atoms with Crippen molar-refractivity contribution in [3.05, 3.63) is 0 Å². The van der Waals surface area contributed by atoms with Crippen LogP contribution in [0.4, 0.5) is 0 Å². The highest BCUT2D eigenvalue weighted by atomic mass is 35.5. The molecule has 0 spiro atoms. The summed E-state index contributed by atoms with van der Waals surface area (Å²) in [5, 5.41) is -0.463. The summed E-state index contributed by atoms with van der Waals surface area (Å²) < 4.78 is 21.4. The summed E-state index contributed by atoms with van der Waals surface area (Å²) in [5.41, 5.74) is 0. The SMILES string of the molecule is O=S1(=O)C[C@@H](S)[C@H](Cl)C1. The molecule has 2 atom stereocenters. The lowest BCUT2D eigenvalue weighted by Gasteiger charge is -1.98. The molecule has 1 saturated heterocycles. The lowest BCUT2D eigenvalue weighted by Crippen LogP contribution is -2.09. The fourth-order valence-corrected chi connectivity index (χ4v) is 4.09. The fourth-order valence-electron chi connectivity index (χ4n) is 0.786.